The summed E-state index contributed by atoms with van der Waals surface area (Å²) in [5.41, 5.74) is 1.76. The number of fused-ring (bicyclic) bond motifs is 1. The maximum absolute atomic E-state index is 12.8. The zero-order valence-corrected chi connectivity index (χ0v) is 15.6. The summed E-state index contributed by atoms with van der Waals surface area (Å²) in [7, 11) is 0. The van der Waals surface area contributed by atoms with Crippen LogP contribution in [-0.4, -0.2) is 43.8 Å². The summed E-state index contributed by atoms with van der Waals surface area (Å²) in [5.74, 6) is 1.03. The molecule has 1 N–H and O–H groups in total. The van der Waals surface area contributed by atoms with Gasteiger partial charge in [-0.25, -0.2) is 0 Å². The number of carbonyl (C=O) groups is 1. The van der Waals surface area contributed by atoms with Crippen LogP contribution in [0.15, 0.2) is 36.4 Å². The molecule has 0 radical (unpaired) electrons. The number of ether oxygens (including phenoxy) is 2. The molecular formula is C19H19Cl2N2O3+. The Morgan fingerprint density at radius 3 is 2.69 bits per heavy atom. The molecule has 1 saturated heterocycles. The van der Waals surface area contributed by atoms with Crippen molar-refractivity contribution in [2.45, 2.75) is 6.54 Å². The zero-order chi connectivity index (χ0) is 18.1. The third kappa shape index (κ3) is 3.61. The molecule has 7 heteroatoms. The summed E-state index contributed by atoms with van der Waals surface area (Å²) < 4.78 is 10.7. The molecule has 5 nitrogen and oxygen atoms in total. The Morgan fingerprint density at radius 2 is 1.92 bits per heavy atom. The normalized spacial score (nSPS) is 16.8. The molecule has 0 atom stereocenters. The Bertz CT molecular complexity index is 836. The highest BCUT2D eigenvalue weighted by Crippen LogP contribution is 2.40. The quantitative estimate of drug-likeness (QED) is 0.869. The van der Waals surface area contributed by atoms with E-state index in [1.807, 2.05) is 23.1 Å². The molecule has 2 heterocycles. The van der Waals surface area contributed by atoms with E-state index in [0.717, 1.165) is 24.7 Å². The van der Waals surface area contributed by atoms with Crippen LogP contribution in [0.2, 0.25) is 10.0 Å². The predicted molar refractivity (Wildman–Crippen MR) is 99.3 cm³/mol. The molecule has 0 unspecified atom stereocenters. The van der Waals surface area contributed by atoms with Crippen molar-refractivity contribution in [3.05, 3.63) is 57.6 Å². The molecule has 26 heavy (non-hydrogen) atoms. The minimum atomic E-state index is -0.0213. The fraction of sp³-hybridized carbons (Fsp3) is 0.316. The van der Waals surface area contributed by atoms with Gasteiger partial charge in [-0.1, -0.05) is 35.3 Å². The number of benzene rings is 2. The molecule has 2 aliphatic rings. The van der Waals surface area contributed by atoms with Crippen LogP contribution < -0.4 is 14.4 Å². The highest BCUT2D eigenvalue weighted by atomic mass is 35.5. The zero-order valence-electron chi connectivity index (χ0n) is 14.1. The van der Waals surface area contributed by atoms with E-state index in [-0.39, 0.29) is 12.7 Å². The van der Waals surface area contributed by atoms with E-state index < -0.39 is 0 Å². The lowest BCUT2D eigenvalue weighted by atomic mass is 10.1. The van der Waals surface area contributed by atoms with Crippen LogP contribution in [-0.2, 0) is 6.54 Å². The highest BCUT2D eigenvalue weighted by Gasteiger charge is 2.27. The third-order valence-corrected chi connectivity index (χ3v) is 5.29. The summed E-state index contributed by atoms with van der Waals surface area (Å²) in [4.78, 5) is 16.1. The molecule has 136 valence electrons. The van der Waals surface area contributed by atoms with Crippen LogP contribution in [0.1, 0.15) is 15.9 Å². The van der Waals surface area contributed by atoms with Crippen LogP contribution in [0, 0.1) is 0 Å². The van der Waals surface area contributed by atoms with Gasteiger partial charge in [0.1, 0.15) is 6.54 Å². The average molecular weight is 394 g/mol. The maximum Gasteiger partial charge on any atom is 0.254 e. The molecule has 2 aromatic rings. The van der Waals surface area contributed by atoms with Gasteiger partial charge in [-0.2, -0.15) is 0 Å². The number of rotatable bonds is 3. The number of carbonyl (C=O) groups excluding carboxylic acids is 1. The molecule has 0 aromatic heterocycles. The molecular weight excluding hydrogens is 375 g/mol. The monoisotopic (exact) mass is 393 g/mol. The number of quaternary nitrogens is 1. The smallest absolute Gasteiger partial charge is 0.254 e. The number of amides is 1. The molecule has 1 amide bonds. The lowest BCUT2D eigenvalue weighted by molar-refractivity contribution is -0.917. The minimum absolute atomic E-state index is 0.0213. The predicted octanol–water partition coefficient (Wildman–Crippen LogP) is 2.26. The van der Waals surface area contributed by atoms with Gasteiger partial charge >= 0.3 is 0 Å². The van der Waals surface area contributed by atoms with Gasteiger partial charge in [0.25, 0.3) is 5.91 Å². The van der Waals surface area contributed by atoms with Gasteiger partial charge in [0.2, 0.25) is 6.79 Å². The fourth-order valence-corrected chi connectivity index (χ4v) is 3.89. The van der Waals surface area contributed by atoms with Gasteiger partial charge in [-0.3, -0.25) is 4.79 Å². The maximum atomic E-state index is 12.8. The number of piperazine rings is 1. The van der Waals surface area contributed by atoms with E-state index in [1.165, 1.54) is 10.5 Å². The van der Waals surface area contributed by atoms with Crippen LogP contribution in [0.3, 0.4) is 0 Å². The van der Waals surface area contributed by atoms with E-state index in [4.69, 9.17) is 32.7 Å². The second kappa shape index (κ2) is 7.35. The van der Waals surface area contributed by atoms with Crippen LogP contribution in [0.25, 0.3) is 0 Å². The van der Waals surface area contributed by atoms with Crippen LogP contribution in [0.4, 0.5) is 0 Å². The SMILES string of the molecule is O=C(c1cc(Cl)c2c(c1)OCO2)N1CC[NH+](Cc2cccc(Cl)c2)CC1. The molecule has 0 saturated carbocycles. The Hall–Kier alpha value is -1.95. The fourth-order valence-electron chi connectivity index (χ4n) is 3.41. The topological polar surface area (TPSA) is 43.2 Å². The second-order valence-corrected chi connectivity index (χ2v) is 7.38. The first-order valence-electron chi connectivity index (χ1n) is 8.56. The van der Waals surface area contributed by atoms with Gasteiger partial charge in [0.15, 0.2) is 11.5 Å². The first-order chi connectivity index (χ1) is 12.6. The van der Waals surface area contributed by atoms with Crippen molar-refractivity contribution in [3.8, 4) is 11.5 Å². The number of nitrogens with zero attached hydrogens (tertiary/aromatic N) is 1. The summed E-state index contributed by atoms with van der Waals surface area (Å²) in [6.07, 6.45) is 0. The average Bonchev–Trinajstić information content (AvgIpc) is 3.11. The molecule has 1 fully saturated rings. The van der Waals surface area contributed by atoms with E-state index in [1.54, 1.807) is 12.1 Å². The first-order valence-corrected chi connectivity index (χ1v) is 9.32. The van der Waals surface area contributed by atoms with Crippen molar-refractivity contribution in [3.63, 3.8) is 0 Å². The van der Waals surface area contributed by atoms with E-state index >= 15 is 0 Å². The highest BCUT2D eigenvalue weighted by molar-refractivity contribution is 6.32. The largest absolute Gasteiger partial charge is 0.454 e. The summed E-state index contributed by atoms with van der Waals surface area (Å²) in [5, 5.41) is 1.17. The van der Waals surface area contributed by atoms with E-state index in [0.29, 0.717) is 35.2 Å². The molecule has 2 aliphatic heterocycles. The molecule has 2 aromatic carbocycles. The Balaban J connectivity index is 1.39. The number of hydrogen-bond acceptors (Lipinski definition) is 3. The molecule has 0 bridgehead atoms. The standard InChI is InChI=1S/C19H18Cl2N2O3/c20-15-3-1-2-13(8-15)11-22-4-6-23(7-5-22)19(24)14-9-16(21)18-17(10-14)25-12-26-18/h1-3,8-10H,4-7,11-12H2/p+1. The summed E-state index contributed by atoms with van der Waals surface area (Å²) >= 11 is 12.2. The first kappa shape index (κ1) is 17.5. The van der Waals surface area contributed by atoms with Crippen molar-refractivity contribution in [2.75, 3.05) is 33.0 Å². The number of halogens is 2. The second-order valence-electron chi connectivity index (χ2n) is 6.54. The van der Waals surface area contributed by atoms with Gasteiger partial charge in [-0.15, -0.1) is 0 Å². The van der Waals surface area contributed by atoms with Crippen molar-refractivity contribution < 1.29 is 19.2 Å². The molecule has 0 spiro atoms. The van der Waals surface area contributed by atoms with E-state index in [9.17, 15) is 4.79 Å². The lowest BCUT2D eigenvalue weighted by Crippen LogP contribution is -3.13. The summed E-state index contributed by atoms with van der Waals surface area (Å²) in [6.45, 7) is 4.27. The van der Waals surface area contributed by atoms with Crippen molar-refractivity contribution >= 4 is 29.1 Å². The van der Waals surface area contributed by atoms with Crippen LogP contribution >= 0.6 is 23.2 Å². The van der Waals surface area contributed by atoms with Gasteiger partial charge in [0, 0.05) is 16.1 Å². The van der Waals surface area contributed by atoms with Crippen LogP contribution in [0.5, 0.6) is 11.5 Å². The van der Waals surface area contributed by atoms with Gasteiger partial charge < -0.3 is 19.3 Å². The number of hydrogen-bond donors (Lipinski definition) is 1. The van der Waals surface area contributed by atoms with Gasteiger partial charge in [-0.05, 0) is 24.3 Å². The van der Waals surface area contributed by atoms with Crippen molar-refractivity contribution in [1.82, 2.24) is 4.90 Å². The lowest BCUT2D eigenvalue weighted by Gasteiger charge is -2.32. The summed E-state index contributed by atoms with van der Waals surface area (Å²) in [6, 6.07) is 11.3. The Morgan fingerprint density at radius 1 is 1.12 bits per heavy atom. The van der Waals surface area contributed by atoms with Crippen molar-refractivity contribution in [2.24, 2.45) is 0 Å². The number of nitrogens with one attached hydrogen (secondary N) is 1. The minimum Gasteiger partial charge on any atom is -0.454 e. The van der Waals surface area contributed by atoms with E-state index in [2.05, 4.69) is 6.07 Å². The van der Waals surface area contributed by atoms with Gasteiger partial charge in [0.05, 0.1) is 31.2 Å². The third-order valence-electron chi connectivity index (χ3n) is 4.78. The Labute approximate surface area is 162 Å². The molecule has 0 aliphatic carbocycles. The molecule has 4 rings (SSSR count). The Kier molecular flexibility index (Phi) is 4.94. The van der Waals surface area contributed by atoms with Crippen molar-refractivity contribution in [1.29, 1.82) is 0 Å².